The highest BCUT2D eigenvalue weighted by atomic mass is 16.5. The molecule has 1 aromatic rings. The average Bonchev–Trinajstić information content (AvgIpc) is 2.46. The lowest BCUT2D eigenvalue weighted by Crippen LogP contribution is -2.34. The Morgan fingerprint density at radius 2 is 1.90 bits per heavy atom. The fraction of sp³-hybridized carbons (Fsp3) is 0.562. The quantitative estimate of drug-likeness (QED) is 0.707. The lowest BCUT2D eigenvalue weighted by Gasteiger charge is -2.22. The maximum atomic E-state index is 12.4. The third-order valence-electron chi connectivity index (χ3n) is 2.91. The van der Waals surface area contributed by atoms with E-state index in [0.717, 1.165) is 12.2 Å². The topological polar surface area (TPSA) is 59.0 Å². The minimum absolute atomic E-state index is 0.0483. The van der Waals surface area contributed by atoms with Crippen LogP contribution < -0.4 is 4.74 Å². The van der Waals surface area contributed by atoms with Crippen molar-refractivity contribution in [1.29, 1.82) is 0 Å². The van der Waals surface area contributed by atoms with Gasteiger partial charge in [-0.15, -0.1) is 0 Å². The summed E-state index contributed by atoms with van der Waals surface area (Å²) in [6, 6.07) is 7.08. The number of carbonyl (C=O) groups excluding carboxylic acids is 1. The van der Waals surface area contributed by atoms with Crippen LogP contribution in [-0.4, -0.2) is 55.4 Å². The summed E-state index contributed by atoms with van der Waals surface area (Å²) < 4.78 is 10.5. The van der Waals surface area contributed by atoms with Crippen LogP contribution in [0, 0.1) is 0 Å². The molecule has 0 saturated carbocycles. The highest BCUT2D eigenvalue weighted by Gasteiger charge is 2.15. The summed E-state index contributed by atoms with van der Waals surface area (Å²) in [6.45, 7) is 5.35. The fourth-order valence-corrected chi connectivity index (χ4v) is 1.97. The minimum atomic E-state index is -0.0868. The standard InChI is InChI=1S/C16H25NO4/c1-13(2)21-15-7-5-14(6-8-15)16(19)17(10-11-18)9-4-12-20-3/h5-8,13,18H,4,9-12H2,1-3H3. The third kappa shape index (κ3) is 6.14. The molecule has 118 valence electrons. The van der Waals surface area contributed by atoms with Crippen molar-refractivity contribution in [1.82, 2.24) is 4.90 Å². The summed E-state index contributed by atoms with van der Waals surface area (Å²) in [4.78, 5) is 14.0. The Morgan fingerprint density at radius 1 is 1.24 bits per heavy atom. The number of carbonyl (C=O) groups is 1. The Labute approximate surface area is 126 Å². The highest BCUT2D eigenvalue weighted by molar-refractivity contribution is 5.94. The molecular formula is C16H25NO4. The van der Waals surface area contributed by atoms with E-state index in [1.807, 2.05) is 13.8 Å². The first-order valence-corrected chi connectivity index (χ1v) is 7.24. The van der Waals surface area contributed by atoms with Gasteiger partial charge in [-0.05, 0) is 44.5 Å². The van der Waals surface area contributed by atoms with E-state index in [0.29, 0.717) is 25.3 Å². The van der Waals surface area contributed by atoms with Crippen molar-refractivity contribution >= 4 is 5.91 Å². The second-order valence-electron chi connectivity index (χ2n) is 5.05. The maximum absolute atomic E-state index is 12.4. The zero-order chi connectivity index (χ0) is 15.7. The molecule has 0 fully saturated rings. The Kier molecular flexibility index (Phi) is 7.79. The van der Waals surface area contributed by atoms with E-state index >= 15 is 0 Å². The molecule has 0 aliphatic carbocycles. The lowest BCUT2D eigenvalue weighted by atomic mass is 10.2. The number of ether oxygens (including phenoxy) is 2. The summed E-state index contributed by atoms with van der Waals surface area (Å²) in [5, 5.41) is 9.09. The zero-order valence-electron chi connectivity index (χ0n) is 13.0. The number of aliphatic hydroxyl groups excluding tert-OH is 1. The van der Waals surface area contributed by atoms with Crippen LogP contribution in [0.15, 0.2) is 24.3 Å². The van der Waals surface area contributed by atoms with Gasteiger partial charge in [-0.3, -0.25) is 4.79 Å². The van der Waals surface area contributed by atoms with E-state index in [9.17, 15) is 4.79 Å². The van der Waals surface area contributed by atoms with Gasteiger partial charge in [-0.2, -0.15) is 0 Å². The van der Waals surface area contributed by atoms with Gasteiger partial charge in [0.05, 0.1) is 12.7 Å². The van der Waals surface area contributed by atoms with Crippen LogP contribution >= 0.6 is 0 Å². The first-order chi connectivity index (χ1) is 10.1. The zero-order valence-corrected chi connectivity index (χ0v) is 13.0. The molecule has 1 rings (SSSR count). The van der Waals surface area contributed by atoms with Crippen molar-refractivity contribution in [2.24, 2.45) is 0 Å². The molecule has 1 N–H and O–H groups in total. The second kappa shape index (κ2) is 9.37. The molecule has 0 saturated heterocycles. The number of hydrogen-bond acceptors (Lipinski definition) is 4. The first-order valence-electron chi connectivity index (χ1n) is 7.24. The summed E-state index contributed by atoms with van der Waals surface area (Å²) in [5.74, 6) is 0.658. The summed E-state index contributed by atoms with van der Waals surface area (Å²) in [7, 11) is 1.63. The van der Waals surface area contributed by atoms with Crippen molar-refractivity contribution in [3.8, 4) is 5.75 Å². The molecule has 0 spiro atoms. The summed E-state index contributed by atoms with van der Waals surface area (Å²) in [6.07, 6.45) is 0.850. The monoisotopic (exact) mass is 295 g/mol. The van der Waals surface area contributed by atoms with Gasteiger partial charge in [-0.1, -0.05) is 0 Å². The Bertz CT molecular complexity index is 417. The molecule has 5 nitrogen and oxygen atoms in total. The van der Waals surface area contributed by atoms with E-state index < -0.39 is 0 Å². The SMILES string of the molecule is COCCCN(CCO)C(=O)c1ccc(OC(C)C)cc1. The van der Waals surface area contributed by atoms with Gasteiger partial charge in [0.2, 0.25) is 0 Å². The molecule has 0 heterocycles. The Hall–Kier alpha value is -1.59. The molecule has 21 heavy (non-hydrogen) atoms. The van der Waals surface area contributed by atoms with Crippen LogP contribution in [0.1, 0.15) is 30.6 Å². The number of methoxy groups -OCH3 is 1. The van der Waals surface area contributed by atoms with E-state index in [-0.39, 0.29) is 18.6 Å². The number of nitrogens with zero attached hydrogens (tertiary/aromatic N) is 1. The third-order valence-corrected chi connectivity index (χ3v) is 2.91. The normalized spacial score (nSPS) is 10.7. The van der Waals surface area contributed by atoms with Crippen molar-refractivity contribution < 1.29 is 19.4 Å². The molecule has 0 aromatic heterocycles. The number of rotatable bonds is 9. The maximum Gasteiger partial charge on any atom is 0.253 e. The predicted molar refractivity (Wildman–Crippen MR) is 81.7 cm³/mol. The van der Waals surface area contributed by atoms with Crippen LogP contribution in [0.2, 0.25) is 0 Å². The molecule has 0 unspecified atom stereocenters. The molecule has 5 heteroatoms. The average molecular weight is 295 g/mol. The summed E-state index contributed by atoms with van der Waals surface area (Å²) >= 11 is 0. The molecule has 0 bridgehead atoms. The summed E-state index contributed by atoms with van der Waals surface area (Å²) in [5.41, 5.74) is 0.594. The molecule has 1 amide bonds. The first kappa shape index (κ1) is 17.5. The van der Waals surface area contributed by atoms with Crippen molar-refractivity contribution in [3.63, 3.8) is 0 Å². The van der Waals surface area contributed by atoms with Crippen LogP contribution in [-0.2, 0) is 4.74 Å². The van der Waals surface area contributed by atoms with Gasteiger partial charge in [0.25, 0.3) is 5.91 Å². The molecule has 0 aliphatic rings. The minimum Gasteiger partial charge on any atom is -0.491 e. The molecule has 0 radical (unpaired) electrons. The van der Waals surface area contributed by atoms with Crippen LogP contribution in [0.3, 0.4) is 0 Å². The lowest BCUT2D eigenvalue weighted by molar-refractivity contribution is 0.0701. The van der Waals surface area contributed by atoms with Crippen LogP contribution in [0.4, 0.5) is 0 Å². The number of hydrogen-bond donors (Lipinski definition) is 1. The Morgan fingerprint density at radius 3 is 2.43 bits per heavy atom. The predicted octanol–water partition coefficient (Wildman–Crippen LogP) is 1.94. The van der Waals surface area contributed by atoms with E-state index in [2.05, 4.69) is 0 Å². The second-order valence-corrected chi connectivity index (χ2v) is 5.05. The number of amides is 1. The number of aliphatic hydroxyl groups is 1. The van der Waals surface area contributed by atoms with Crippen LogP contribution in [0.25, 0.3) is 0 Å². The van der Waals surface area contributed by atoms with Gasteiger partial charge in [0, 0.05) is 32.4 Å². The van der Waals surface area contributed by atoms with Crippen molar-refractivity contribution in [2.75, 3.05) is 33.4 Å². The van der Waals surface area contributed by atoms with E-state index in [1.54, 1.807) is 36.3 Å². The molecule has 1 aromatic carbocycles. The highest BCUT2D eigenvalue weighted by Crippen LogP contribution is 2.15. The van der Waals surface area contributed by atoms with Gasteiger partial charge in [0.15, 0.2) is 0 Å². The van der Waals surface area contributed by atoms with Crippen molar-refractivity contribution in [2.45, 2.75) is 26.4 Å². The number of benzene rings is 1. The van der Waals surface area contributed by atoms with Gasteiger partial charge in [0.1, 0.15) is 5.75 Å². The molecule has 0 aliphatic heterocycles. The molecular weight excluding hydrogens is 270 g/mol. The van der Waals surface area contributed by atoms with Crippen LogP contribution in [0.5, 0.6) is 5.75 Å². The largest absolute Gasteiger partial charge is 0.491 e. The van der Waals surface area contributed by atoms with Crippen molar-refractivity contribution in [3.05, 3.63) is 29.8 Å². The molecule has 0 atom stereocenters. The fourth-order valence-electron chi connectivity index (χ4n) is 1.97. The Balaban J connectivity index is 2.68. The smallest absolute Gasteiger partial charge is 0.253 e. The van der Waals surface area contributed by atoms with Gasteiger partial charge < -0.3 is 19.5 Å². The van der Waals surface area contributed by atoms with E-state index in [1.165, 1.54) is 0 Å². The van der Waals surface area contributed by atoms with E-state index in [4.69, 9.17) is 14.6 Å². The van der Waals surface area contributed by atoms with Gasteiger partial charge in [-0.25, -0.2) is 0 Å². The van der Waals surface area contributed by atoms with Gasteiger partial charge >= 0.3 is 0 Å².